The summed E-state index contributed by atoms with van der Waals surface area (Å²) in [6.45, 7) is 1.83. The van der Waals surface area contributed by atoms with E-state index >= 15 is 0 Å². The number of aromatic carboxylic acids is 2. The number of hydrogen-bond donors (Lipinski definition) is 2. The van der Waals surface area contributed by atoms with Crippen molar-refractivity contribution in [3.8, 4) is 5.75 Å². The number of likely N-dealkylation sites (tertiary alicyclic amines) is 1. The van der Waals surface area contributed by atoms with Crippen molar-refractivity contribution >= 4 is 23.9 Å². The Morgan fingerprint density at radius 2 is 1.61 bits per heavy atom. The molecular weight excluding hydrogens is 525 g/mol. The molecule has 1 heterocycles. The van der Waals surface area contributed by atoms with Crippen molar-refractivity contribution in [2.75, 3.05) is 19.7 Å². The van der Waals surface area contributed by atoms with Gasteiger partial charge in [0.1, 0.15) is 11.6 Å². The maximum atomic E-state index is 14.2. The van der Waals surface area contributed by atoms with Crippen molar-refractivity contribution in [1.82, 2.24) is 4.90 Å². The lowest BCUT2D eigenvalue weighted by Crippen LogP contribution is -2.26. The molecule has 1 fully saturated rings. The van der Waals surface area contributed by atoms with Gasteiger partial charge in [-0.05, 0) is 91.6 Å². The third kappa shape index (κ3) is 8.76. The number of allylic oxidation sites excluding steroid dienone is 1. The van der Waals surface area contributed by atoms with E-state index in [2.05, 4.69) is 0 Å². The minimum Gasteiger partial charge on any atom is -0.493 e. The average Bonchev–Trinajstić information content (AvgIpc) is 3.38. The lowest BCUT2D eigenvalue weighted by atomic mass is 9.91. The van der Waals surface area contributed by atoms with Gasteiger partial charge in [0.05, 0.1) is 17.7 Å². The van der Waals surface area contributed by atoms with E-state index in [1.54, 1.807) is 54.6 Å². The predicted molar refractivity (Wildman–Crippen MR) is 154 cm³/mol. The third-order valence-electron chi connectivity index (χ3n) is 7.22. The van der Waals surface area contributed by atoms with Crippen molar-refractivity contribution in [3.63, 3.8) is 0 Å². The van der Waals surface area contributed by atoms with Crippen molar-refractivity contribution in [1.29, 1.82) is 0 Å². The number of nitrogens with zero attached hydrogens (tertiary/aromatic N) is 1. The molecule has 0 saturated carbocycles. The Balaban J connectivity index is 1.46. The maximum Gasteiger partial charge on any atom is 0.335 e. The Kier molecular flexibility index (Phi) is 10.3. The molecule has 4 rings (SSSR count). The zero-order valence-electron chi connectivity index (χ0n) is 22.8. The number of benzene rings is 3. The van der Waals surface area contributed by atoms with Crippen LogP contribution in [-0.2, 0) is 17.6 Å². The Hall–Kier alpha value is -4.46. The van der Waals surface area contributed by atoms with Gasteiger partial charge >= 0.3 is 11.9 Å². The summed E-state index contributed by atoms with van der Waals surface area (Å²) in [6, 6.07) is 17.9. The fraction of sp³-hybridized carbons (Fsp3) is 0.303. The second kappa shape index (κ2) is 14.3. The smallest absolute Gasteiger partial charge is 0.335 e. The molecule has 3 aromatic rings. The number of amides is 1. The molecule has 0 spiro atoms. The van der Waals surface area contributed by atoms with Crippen LogP contribution in [0.1, 0.15) is 63.1 Å². The fourth-order valence-corrected chi connectivity index (χ4v) is 4.92. The van der Waals surface area contributed by atoms with Crippen LogP contribution < -0.4 is 4.74 Å². The number of ether oxygens (including phenoxy) is 1. The number of rotatable bonds is 14. The number of aryl methyl sites for hydroxylation is 1. The zero-order chi connectivity index (χ0) is 29.2. The SMILES string of the molecule is O=C(O)c1ccc(CCC(/C=C/c2cc(F)ccc2OCCCN2CCCC2=O)Cc2ccc(C(=O)O)cc2)cc1. The number of carbonyl (C=O) groups is 3. The van der Waals surface area contributed by atoms with Crippen LogP contribution in [0, 0.1) is 11.7 Å². The second-order valence-electron chi connectivity index (χ2n) is 10.2. The molecule has 1 unspecified atom stereocenters. The van der Waals surface area contributed by atoms with E-state index in [-0.39, 0.29) is 28.8 Å². The highest BCUT2D eigenvalue weighted by Crippen LogP contribution is 2.25. The van der Waals surface area contributed by atoms with Crippen molar-refractivity contribution in [3.05, 3.63) is 106 Å². The van der Waals surface area contributed by atoms with E-state index in [1.165, 1.54) is 12.1 Å². The molecule has 214 valence electrons. The van der Waals surface area contributed by atoms with Gasteiger partial charge < -0.3 is 19.8 Å². The van der Waals surface area contributed by atoms with Crippen molar-refractivity contribution in [2.45, 2.75) is 38.5 Å². The maximum absolute atomic E-state index is 14.2. The summed E-state index contributed by atoms with van der Waals surface area (Å²) in [5, 5.41) is 18.4. The molecular formula is C33H34FNO6. The van der Waals surface area contributed by atoms with Crippen molar-refractivity contribution < 1.29 is 33.7 Å². The second-order valence-corrected chi connectivity index (χ2v) is 10.2. The van der Waals surface area contributed by atoms with Gasteiger partial charge in [-0.2, -0.15) is 0 Å². The number of carboxylic acids is 2. The molecule has 0 radical (unpaired) electrons. The minimum atomic E-state index is -0.983. The van der Waals surface area contributed by atoms with Crippen LogP contribution in [-0.4, -0.2) is 52.7 Å². The first-order chi connectivity index (χ1) is 19.8. The minimum absolute atomic E-state index is 0.0297. The van der Waals surface area contributed by atoms with Gasteiger partial charge in [-0.1, -0.05) is 36.4 Å². The summed E-state index contributed by atoms with van der Waals surface area (Å²) in [5.74, 6) is -1.56. The molecule has 1 saturated heterocycles. The molecule has 2 N–H and O–H groups in total. The normalized spacial score (nSPS) is 14.0. The number of hydrogen-bond acceptors (Lipinski definition) is 4. The monoisotopic (exact) mass is 559 g/mol. The molecule has 0 bridgehead atoms. The molecule has 1 aliphatic rings. The largest absolute Gasteiger partial charge is 0.493 e. The number of carboxylic acid groups (broad SMARTS) is 2. The van der Waals surface area contributed by atoms with Crippen LogP contribution in [0.2, 0.25) is 0 Å². The van der Waals surface area contributed by atoms with E-state index in [1.807, 2.05) is 17.1 Å². The van der Waals surface area contributed by atoms with Crippen LogP contribution >= 0.6 is 0 Å². The molecule has 0 aliphatic carbocycles. The highest BCUT2D eigenvalue weighted by molar-refractivity contribution is 5.88. The van der Waals surface area contributed by atoms with Gasteiger partial charge in [-0.3, -0.25) is 4.79 Å². The summed E-state index contributed by atoms with van der Waals surface area (Å²) in [6.07, 6.45) is 8.12. The van der Waals surface area contributed by atoms with Gasteiger partial charge in [-0.25, -0.2) is 14.0 Å². The quantitative estimate of drug-likeness (QED) is 0.231. The lowest BCUT2D eigenvalue weighted by molar-refractivity contribution is -0.127. The summed E-state index contributed by atoms with van der Waals surface area (Å²) in [4.78, 5) is 36.1. The highest BCUT2D eigenvalue weighted by atomic mass is 19.1. The van der Waals surface area contributed by atoms with Gasteiger partial charge in [-0.15, -0.1) is 0 Å². The topological polar surface area (TPSA) is 104 Å². The van der Waals surface area contributed by atoms with Crippen LogP contribution in [0.3, 0.4) is 0 Å². The van der Waals surface area contributed by atoms with Gasteiger partial charge in [0, 0.05) is 25.1 Å². The first kappa shape index (κ1) is 29.5. The van der Waals surface area contributed by atoms with Crippen molar-refractivity contribution in [2.24, 2.45) is 5.92 Å². The zero-order valence-corrected chi connectivity index (χ0v) is 22.8. The van der Waals surface area contributed by atoms with Crippen LogP contribution in [0.4, 0.5) is 4.39 Å². The van der Waals surface area contributed by atoms with Crippen LogP contribution in [0.25, 0.3) is 6.08 Å². The first-order valence-electron chi connectivity index (χ1n) is 13.8. The molecule has 3 aromatic carbocycles. The standard InChI is InChI=1S/C33H34FNO6/c34-29-16-17-30(41-20-2-19-35-18-1-3-31(35)36)28(22-29)15-10-24(21-25-8-13-27(14-9-25)33(39)40)5-4-23-6-11-26(12-7-23)32(37)38/h6-17,22,24H,1-5,18-21H2,(H,37,38)(H,39,40)/b15-10+. The predicted octanol–water partition coefficient (Wildman–Crippen LogP) is 6.12. The fourth-order valence-electron chi connectivity index (χ4n) is 4.92. The third-order valence-corrected chi connectivity index (χ3v) is 7.22. The number of halogens is 1. The summed E-state index contributed by atoms with van der Waals surface area (Å²) < 4.78 is 20.2. The van der Waals surface area contributed by atoms with E-state index in [0.717, 1.165) is 30.5 Å². The summed E-state index contributed by atoms with van der Waals surface area (Å²) >= 11 is 0. The molecule has 0 aromatic heterocycles. The summed E-state index contributed by atoms with van der Waals surface area (Å²) in [5.41, 5.74) is 3.03. The Morgan fingerprint density at radius 3 is 2.22 bits per heavy atom. The van der Waals surface area contributed by atoms with E-state index < -0.39 is 11.9 Å². The average molecular weight is 560 g/mol. The molecule has 8 heteroatoms. The highest BCUT2D eigenvalue weighted by Gasteiger charge is 2.19. The molecule has 7 nitrogen and oxygen atoms in total. The molecule has 1 aliphatic heterocycles. The van der Waals surface area contributed by atoms with Crippen LogP contribution in [0.5, 0.6) is 5.75 Å². The Morgan fingerprint density at radius 1 is 0.951 bits per heavy atom. The molecule has 1 atom stereocenters. The van der Waals surface area contributed by atoms with E-state index in [0.29, 0.717) is 50.1 Å². The van der Waals surface area contributed by atoms with Crippen LogP contribution in [0.15, 0.2) is 72.8 Å². The Labute approximate surface area is 238 Å². The van der Waals surface area contributed by atoms with E-state index in [9.17, 15) is 23.9 Å². The molecule has 41 heavy (non-hydrogen) atoms. The first-order valence-corrected chi connectivity index (χ1v) is 13.8. The summed E-state index contributed by atoms with van der Waals surface area (Å²) in [7, 11) is 0. The van der Waals surface area contributed by atoms with Gasteiger partial charge in [0.2, 0.25) is 5.91 Å². The van der Waals surface area contributed by atoms with E-state index in [4.69, 9.17) is 9.84 Å². The number of carbonyl (C=O) groups excluding carboxylic acids is 1. The lowest BCUT2D eigenvalue weighted by Gasteiger charge is -2.16. The Bertz CT molecular complexity index is 1380. The van der Waals surface area contributed by atoms with Gasteiger partial charge in [0.25, 0.3) is 0 Å². The van der Waals surface area contributed by atoms with Gasteiger partial charge in [0.15, 0.2) is 0 Å². The molecule has 1 amide bonds.